The molecule has 0 N–H and O–H groups in total. The van der Waals surface area contributed by atoms with Crippen LogP contribution < -0.4 is 4.74 Å². The SMILES string of the molecule is CC(=O)Oc1cccc(C(=O)N2CCN(C(=O)Cc3cccc(Br)c3)CC2)c1. The molecule has 0 bridgehead atoms. The summed E-state index contributed by atoms with van der Waals surface area (Å²) in [5.74, 6) is -0.154. The van der Waals surface area contributed by atoms with Crippen molar-refractivity contribution in [3.63, 3.8) is 0 Å². The molecule has 7 heteroatoms. The number of hydrogen-bond acceptors (Lipinski definition) is 4. The average molecular weight is 445 g/mol. The Kier molecular flexibility index (Phi) is 6.46. The molecular weight excluding hydrogens is 424 g/mol. The normalized spacial score (nSPS) is 13.9. The minimum atomic E-state index is -0.429. The third kappa shape index (κ3) is 5.19. The third-order valence-electron chi connectivity index (χ3n) is 4.51. The van der Waals surface area contributed by atoms with Crippen LogP contribution in [-0.2, 0) is 16.0 Å². The third-order valence-corrected chi connectivity index (χ3v) is 5.00. The van der Waals surface area contributed by atoms with Crippen molar-refractivity contribution in [2.24, 2.45) is 0 Å². The van der Waals surface area contributed by atoms with Gasteiger partial charge in [0.05, 0.1) is 6.42 Å². The van der Waals surface area contributed by atoms with Crippen molar-refractivity contribution in [2.75, 3.05) is 26.2 Å². The van der Waals surface area contributed by atoms with E-state index < -0.39 is 5.97 Å². The van der Waals surface area contributed by atoms with Gasteiger partial charge in [0, 0.05) is 43.1 Å². The molecule has 1 heterocycles. The number of carbonyl (C=O) groups excluding carboxylic acids is 3. The second-order valence-corrected chi connectivity index (χ2v) is 7.52. The van der Waals surface area contributed by atoms with Crippen molar-refractivity contribution in [2.45, 2.75) is 13.3 Å². The summed E-state index contributed by atoms with van der Waals surface area (Å²) in [7, 11) is 0. The summed E-state index contributed by atoms with van der Waals surface area (Å²) in [5, 5.41) is 0. The van der Waals surface area contributed by atoms with Gasteiger partial charge in [-0.2, -0.15) is 0 Å². The van der Waals surface area contributed by atoms with E-state index in [0.717, 1.165) is 10.0 Å². The highest BCUT2D eigenvalue weighted by atomic mass is 79.9. The molecule has 1 fully saturated rings. The zero-order chi connectivity index (χ0) is 20.1. The smallest absolute Gasteiger partial charge is 0.308 e. The summed E-state index contributed by atoms with van der Waals surface area (Å²) in [5.41, 5.74) is 1.42. The summed E-state index contributed by atoms with van der Waals surface area (Å²) < 4.78 is 5.99. The Morgan fingerprint density at radius 1 is 0.964 bits per heavy atom. The maximum absolute atomic E-state index is 12.7. The topological polar surface area (TPSA) is 66.9 Å². The molecule has 1 aliphatic rings. The van der Waals surface area contributed by atoms with E-state index in [9.17, 15) is 14.4 Å². The van der Waals surface area contributed by atoms with Crippen LogP contribution in [0.15, 0.2) is 53.0 Å². The molecule has 3 rings (SSSR count). The Bertz CT molecular complexity index is 891. The molecule has 0 unspecified atom stereocenters. The van der Waals surface area contributed by atoms with Crippen molar-refractivity contribution in [3.05, 3.63) is 64.1 Å². The lowest BCUT2D eigenvalue weighted by molar-refractivity contribution is -0.132. The number of ether oxygens (including phenoxy) is 1. The first-order valence-corrected chi connectivity index (χ1v) is 9.81. The molecule has 146 valence electrons. The Hall–Kier alpha value is -2.67. The first-order valence-electron chi connectivity index (χ1n) is 9.02. The molecule has 6 nitrogen and oxygen atoms in total. The maximum atomic E-state index is 12.7. The average Bonchev–Trinajstić information content (AvgIpc) is 2.67. The largest absolute Gasteiger partial charge is 0.427 e. The molecule has 0 radical (unpaired) electrons. The Morgan fingerprint density at radius 2 is 1.64 bits per heavy atom. The molecule has 2 aromatic rings. The van der Waals surface area contributed by atoms with Crippen LogP contribution in [-0.4, -0.2) is 53.8 Å². The van der Waals surface area contributed by atoms with Crippen LogP contribution in [0.2, 0.25) is 0 Å². The lowest BCUT2D eigenvalue weighted by Crippen LogP contribution is -2.51. The number of rotatable bonds is 4. The monoisotopic (exact) mass is 444 g/mol. The van der Waals surface area contributed by atoms with Crippen molar-refractivity contribution >= 4 is 33.7 Å². The summed E-state index contributed by atoms with van der Waals surface area (Å²) in [6.07, 6.45) is 0.345. The molecule has 1 aliphatic heterocycles. The molecule has 2 aromatic carbocycles. The lowest BCUT2D eigenvalue weighted by Gasteiger charge is -2.35. The number of amides is 2. The van der Waals surface area contributed by atoms with E-state index in [1.807, 2.05) is 24.3 Å². The number of nitrogens with zero attached hydrogens (tertiary/aromatic N) is 2. The van der Waals surface area contributed by atoms with Crippen LogP contribution in [0.3, 0.4) is 0 Å². The van der Waals surface area contributed by atoms with Crippen LogP contribution in [0, 0.1) is 0 Å². The Labute approximate surface area is 172 Å². The standard InChI is InChI=1S/C21H21BrN2O4/c1-15(25)28-19-7-3-5-17(14-19)21(27)24-10-8-23(9-11-24)20(26)13-16-4-2-6-18(22)12-16/h2-7,12,14H,8-11,13H2,1H3. The lowest BCUT2D eigenvalue weighted by atomic mass is 10.1. The van der Waals surface area contributed by atoms with Gasteiger partial charge in [-0.15, -0.1) is 0 Å². The van der Waals surface area contributed by atoms with E-state index in [1.165, 1.54) is 6.92 Å². The highest BCUT2D eigenvalue weighted by Gasteiger charge is 2.25. The van der Waals surface area contributed by atoms with Gasteiger partial charge in [-0.05, 0) is 35.9 Å². The molecule has 0 spiro atoms. The van der Waals surface area contributed by atoms with Crippen LogP contribution in [0.25, 0.3) is 0 Å². The van der Waals surface area contributed by atoms with Crippen molar-refractivity contribution in [1.29, 1.82) is 0 Å². The number of piperazine rings is 1. The molecule has 2 amide bonds. The summed E-state index contributed by atoms with van der Waals surface area (Å²) in [6, 6.07) is 14.3. The fraction of sp³-hybridized carbons (Fsp3) is 0.286. The van der Waals surface area contributed by atoms with Gasteiger partial charge < -0.3 is 14.5 Å². The first kappa shape index (κ1) is 20.1. The molecule has 0 aromatic heterocycles. The molecule has 0 atom stereocenters. The van der Waals surface area contributed by atoms with Crippen LogP contribution in [0.4, 0.5) is 0 Å². The van der Waals surface area contributed by atoms with E-state index >= 15 is 0 Å². The first-order chi connectivity index (χ1) is 13.4. The predicted molar refractivity (Wildman–Crippen MR) is 108 cm³/mol. The van der Waals surface area contributed by atoms with Crippen LogP contribution in [0.5, 0.6) is 5.75 Å². The predicted octanol–water partition coefficient (Wildman–Crippen LogP) is 2.90. The number of benzene rings is 2. The van der Waals surface area contributed by atoms with Gasteiger partial charge in [-0.3, -0.25) is 14.4 Å². The van der Waals surface area contributed by atoms with Gasteiger partial charge in [-0.1, -0.05) is 34.1 Å². The molecular formula is C21H21BrN2O4. The second kappa shape index (κ2) is 9.01. The van der Waals surface area contributed by atoms with E-state index in [0.29, 0.717) is 43.9 Å². The minimum Gasteiger partial charge on any atom is -0.427 e. The fourth-order valence-electron chi connectivity index (χ4n) is 3.13. The highest BCUT2D eigenvalue weighted by Crippen LogP contribution is 2.17. The second-order valence-electron chi connectivity index (χ2n) is 6.60. The van der Waals surface area contributed by atoms with Gasteiger partial charge in [0.25, 0.3) is 5.91 Å². The zero-order valence-corrected chi connectivity index (χ0v) is 17.1. The van der Waals surface area contributed by atoms with Crippen molar-refractivity contribution in [1.82, 2.24) is 9.80 Å². The Balaban J connectivity index is 1.56. The van der Waals surface area contributed by atoms with Gasteiger partial charge in [0.2, 0.25) is 5.91 Å². The van der Waals surface area contributed by atoms with Crippen molar-refractivity contribution in [3.8, 4) is 5.75 Å². The van der Waals surface area contributed by atoms with Gasteiger partial charge in [0.1, 0.15) is 5.75 Å². The zero-order valence-electron chi connectivity index (χ0n) is 15.6. The summed E-state index contributed by atoms with van der Waals surface area (Å²) in [4.78, 5) is 39.8. The number of hydrogen-bond donors (Lipinski definition) is 0. The number of carbonyl (C=O) groups is 3. The maximum Gasteiger partial charge on any atom is 0.308 e. The molecule has 28 heavy (non-hydrogen) atoms. The molecule has 1 saturated heterocycles. The molecule has 0 aliphatic carbocycles. The van der Waals surface area contributed by atoms with Gasteiger partial charge in [-0.25, -0.2) is 0 Å². The fourth-order valence-corrected chi connectivity index (χ4v) is 3.58. The van der Waals surface area contributed by atoms with E-state index in [2.05, 4.69) is 15.9 Å². The van der Waals surface area contributed by atoms with Gasteiger partial charge >= 0.3 is 5.97 Å². The summed E-state index contributed by atoms with van der Waals surface area (Å²) in [6.45, 7) is 3.27. The van der Waals surface area contributed by atoms with E-state index in [1.54, 1.807) is 34.1 Å². The molecule has 0 saturated carbocycles. The minimum absolute atomic E-state index is 0.0575. The van der Waals surface area contributed by atoms with E-state index in [-0.39, 0.29) is 11.8 Å². The number of halogens is 1. The van der Waals surface area contributed by atoms with Crippen molar-refractivity contribution < 1.29 is 19.1 Å². The quantitative estimate of drug-likeness (QED) is 0.536. The van der Waals surface area contributed by atoms with E-state index in [4.69, 9.17) is 4.74 Å². The van der Waals surface area contributed by atoms with Gasteiger partial charge in [0.15, 0.2) is 0 Å². The van der Waals surface area contributed by atoms with Crippen LogP contribution in [0.1, 0.15) is 22.8 Å². The van der Waals surface area contributed by atoms with Crippen LogP contribution >= 0.6 is 15.9 Å². The number of esters is 1. The highest BCUT2D eigenvalue weighted by molar-refractivity contribution is 9.10. The Morgan fingerprint density at radius 3 is 2.32 bits per heavy atom. The summed E-state index contributed by atoms with van der Waals surface area (Å²) >= 11 is 3.42.